The Balaban J connectivity index is 1.70. The molecule has 0 aliphatic carbocycles. The summed E-state index contributed by atoms with van der Waals surface area (Å²) in [6.07, 6.45) is -0.228. The minimum Gasteiger partial charge on any atom is -0.381 e. The van der Waals surface area contributed by atoms with Crippen molar-refractivity contribution in [2.45, 2.75) is 56.8 Å². The van der Waals surface area contributed by atoms with Gasteiger partial charge in [0.1, 0.15) is 0 Å². The van der Waals surface area contributed by atoms with E-state index in [2.05, 4.69) is 9.80 Å². The molecule has 3 aliphatic rings. The Labute approximate surface area is 196 Å². The molecular formula is C23H29ClF3N3O3. The number of alkyl halides is 3. The van der Waals surface area contributed by atoms with Crippen LogP contribution in [0.3, 0.4) is 0 Å². The zero-order valence-corrected chi connectivity index (χ0v) is 19.2. The number of anilines is 2. The lowest BCUT2D eigenvalue weighted by Gasteiger charge is -2.36. The first-order valence-electron chi connectivity index (χ1n) is 11.6. The number of rotatable bonds is 6. The number of likely N-dealkylation sites (tertiary alicyclic amines) is 1. The van der Waals surface area contributed by atoms with Gasteiger partial charge < -0.3 is 19.4 Å². The number of hydrogen-bond acceptors (Lipinski definition) is 5. The number of carbonyl (C=O) groups excluding carboxylic acids is 2. The van der Waals surface area contributed by atoms with Crippen molar-refractivity contribution in [3.05, 3.63) is 23.8 Å². The van der Waals surface area contributed by atoms with Crippen LogP contribution in [0, 0.1) is 0 Å². The quantitative estimate of drug-likeness (QED) is 0.563. The van der Waals surface area contributed by atoms with Gasteiger partial charge in [-0.2, -0.15) is 13.2 Å². The van der Waals surface area contributed by atoms with Crippen LogP contribution in [0.5, 0.6) is 0 Å². The molecule has 3 saturated heterocycles. The summed E-state index contributed by atoms with van der Waals surface area (Å²) in [7, 11) is 0. The summed E-state index contributed by atoms with van der Waals surface area (Å²) in [6.45, 7) is 4.30. The van der Waals surface area contributed by atoms with E-state index in [0.717, 1.165) is 43.9 Å². The zero-order chi connectivity index (χ0) is 23.6. The van der Waals surface area contributed by atoms with Gasteiger partial charge in [0.05, 0.1) is 11.3 Å². The highest BCUT2D eigenvalue weighted by atomic mass is 35.5. The fraction of sp³-hybridized carbons (Fsp3) is 0.652. The van der Waals surface area contributed by atoms with Crippen molar-refractivity contribution in [1.29, 1.82) is 0 Å². The molecule has 0 radical (unpaired) electrons. The van der Waals surface area contributed by atoms with E-state index >= 15 is 0 Å². The lowest BCUT2D eigenvalue weighted by Crippen LogP contribution is -2.50. The molecule has 0 bridgehead atoms. The maximum atomic E-state index is 13.6. The highest BCUT2D eigenvalue weighted by Crippen LogP contribution is 2.37. The fourth-order valence-corrected chi connectivity index (χ4v) is 5.40. The summed E-state index contributed by atoms with van der Waals surface area (Å²) >= 11 is 5.76. The smallest absolute Gasteiger partial charge is 0.381 e. The summed E-state index contributed by atoms with van der Waals surface area (Å²) in [5.74, 6) is -1.99. The summed E-state index contributed by atoms with van der Waals surface area (Å²) in [5, 5.41) is -0.890. The summed E-state index contributed by atoms with van der Waals surface area (Å²) < 4.78 is 46.1. The van der Waals surface area contributed by atoms with Crippen LogP contribution in [0.15, 0.2) is 18.2 Å². The number of amides is 1. The van der Waals surface area contributed by atoms with Crippen LogP contribution in [0.25, 0.3) is 0 Å². The molecule has 0 spiro atoms. The molecule has 6 nitrogen and oxygen atoms in total. The van der Waals surface area contributed by atoms with Gasteiger partial charge in [0.25, 0.3) is 5.24 Å². The van der Waals surface area contributed by atoms with Crippen molar-refractivity contribution < 1.29 is 27.5 Å². The van der Waals surface area contributed by atoms with Crippen LogP contribution >= 0.6 is 11.6 Å². The second-order valence-corrected chi connectivity index (χ2v) is 9.33. The van der Waals surface area contributed by atoms with Crippen LogP contribution in [0.1, 0.15) is 48.9 Å². The summed E-state index contributed by atoms with van der Waals surface area (Å²) in [4.78, 5) is 30.0. The molecule has 0 N–H and O–H groups in total. The molecule has 3 aliphatic heterocycles. The largest absolute Gasteiger partial charge is 0.471 e. The number of ether oxygens (including phenoxy) is 1. The zero-order valence-electron chi connectivity index (χ0n) is 18.5. The van der Waals surface area contributed by atoms with Gasteiger partial charge in [-0.25, -0.2) is 0 Å². The minimum absolute atomic E-state index is 0.0754. The number of carbonyl (C=O) groups is 2. The predicted octanol–water partition coefficient (Wildman–Crippen LogP) is 4.20. The van der Waals surface area contributed by atoms with Crippen molar-refractivity contribution in [1.82, 2.24) is 4.90 Å². The van der Waals surface area contributed by atoms with Gasteiger partial charge in [-0.3, -0.25) is 9.59 Å². The molecule has 0 aromatic heterocycles. The molecule has 0 saturated carbocycles. The molecule has 33 heavy (non-hydrogen) atoms. The van der Waals surface area contributed by atoms with Crippen LogP contribution in [0.2, 0.25) is 0 Å². The first-order chi connectivity index (χ1) is 15.8. The van der Waals surface area contributed by atoms with E-state index < -0.39 is 23.4 Å². The standard InChI is InChI=1S/C23H29ClF3N3O3/c24-21(31)19-6-5-17(29-11-3-4-18(29)15-28-9-1-2-10-28)14-20(19)30(22(32)23(25,26)27)16-7-12-33-13-8-16/h5-6,14,16,18H,1-4,7-13,15H2/t18-/m0/s1. The molecule has 10 heteroatoms. The van der Waals surface area contributed by atoms with Crippen molar-refractivity contribution in [3.8, 4) is 0 Å². The summed E-state index contributed by atoms with van der Waals surface area (Å²) in [6, 6.07) is 4.22. The number of nitrogens with zero attached hydrogens (tertiary/aromatic N) is 3. The predicted molar refractivity (Wildman–Crippen MR) is 120 cm³/mol. The van der Waals surface area contributed by atoms with Gasteiger partial charge in [-0.1, -0.05) is 0 Å². The van der Waals surface area contributed by atoms with Crippen molar-refractivity contribution in [2.75, 3.05) is 49.2 Å². The third-order valence-electron chi connectivity index (χ3n) is 6.85. The maximum absolute atomic E-state index is 13.6. The Hall–Kier alpha value is -1.84. The lowest BCUT2D eigenvalue weighted by molar-refractivity contribution is -0.171. The Morgan fingerprint density at radius 2 is 1.76 bits per heavy atom. The van der Waals surface area contributed by atoms with E-state index in [1.165, 1.54) is 25.0 Å². The highest BCUT2D eigenvalue weighted by Gasteiger charge is 2.46. The van der Waals surface area contributed by atoms with Crippen molar-refractivity contribution >= 4 is 34.1 Å². The van der Waals surface area contributed by atoms with Gasteiger partial charge >= 0.3 is 12.1 Å². The normalized spacial score (nSPS) is 22.7. The molecule has 1 atom stereocenters. The molecule has 4 rings (SSSR count). The first kappa shape index (κ1) is 24.3. The molecule has 3 fully saturated rings. The Morgan fingerprint density at radius 1 is 1.06 bits per heavy atom. The van der Waals surface area contributed by atoms with Crippen LogP contribution in [-0.4, -0.2) is 73.7 Å². The SMILES string of the molecule is O=C(Cl)c1ccc(N2CCC[C@H]2CN2CCCC2)cc1N(C(=O)C(F)(F)F)C1CCOCC1. The Morgan fingerprint density at radius 3 is 2.39 bits per heavy atom. The van der Waals surface area contributed by atoms with E-state index in [0.29, 0.717) is 5.69 Å². The molecule has 0 unspecified atom stereocenters. The van der Waals surface area contributed by atoms with E-state index in [9.17, 15) is 22.8 Å². The Bertz CT molecular complexity index is 870. The third kappa shape index (κ3) is 5.46. The molecule has 1 aromatic rings. The van der Waals surface area contributed by atoms with Gasteiger partial charge in [0.2, 0.25) is 0 Å². The van der Waals surface area contributed by atoms with Crippen LogP contribution in [0.4, 0.5) is 24.5 Å². The summed E-state index contributed by atoms with van der Waals surface area (Å²) in [5.41, 5.74) is 0.536. The topological polar surface area (TPSA) is 53.1 Å². The highest BCUT2D eigenvalue weighted by molar-refractivity contribution is 6.68. The number of halogens is 4. The van der Waals surface area contributed by atoms with E-state index in [4.69, 9.17) is 16.3 Å². The van der Waals surface area contributed by atoms with Gasteiger partial charge in [-0.05, 0) is 81.4 Å². The molecule has 182 valence electrons. The second-order valence-electron chi connectivity index (χ2n) is 8.99. The molecular weight excluding hydrogens is 459 g/mol. The van der Waals surface area contributed by atoms with Crippen LogP contribution in [-0.2, 0) is 9.53 Å². The van der Waals surface area contributed by atoms with Crippen LogP contribution < -0.4 is 9.80 Å². The Kier molecular flexibility index (Phi) is 7.50. The lowest BCUT2D eigenvalue weighted by atomic mass is 10.0. The molecule has 1 aromatic carbocycles. The number of hydrogen-bond donors (Lipinski definition) is 0. The second kappa shape index (κ2) is 10.2. The van der Waals surface area contributed by atoms with E-state index in [1.54, 1.807) is 6.07 Å². The molecule has 3 heterocycles. The average molecular weight is 488 g/mol. The minimum atomic E-state index is -5.08. The first-order valence-corrected chi connectivity index (χ1v) is 11.9. The number of benzene rings is 1. The molecule has 1 amide bonds. The monoisotopic (exact) mass is 487 g/mol. The van der Waals surface area contributed by atoms with E-state index in [-0.39, 0.29) is 43.3 Å². The van der Waals surface area contributed by atoms with Gasteiger partial charge in [-0.15, -0.1) is 0 Å². The van der Waals surface area contributed by atoms with Gasteiger partial charge in [0.15, 0.2) is 0 Å². The average Bonchev–Trinajstić information content (AvgIpc) is 3.46. The fourth-order valence-electron chi connectivity index (χ4n) is 5.24. The van der Waals surface area contributed by atoms with Crippen molar-refractivity contribution in [3.63, 3.8) is 0 Å². The van der Waals surface area contributed by atoms with E-state index in [1.807, 2.05) is 0 Å². The van der Waals surface area contributed by atoms with Gasteiger partial charge in [0, 0.05) is 44.1 Å². The maximum Gasteiger partial charge on any atom is 0.471 e. The van der Waals surface area contributed by atoms with Crippen molar-refractivity contribution in [2.24, 2.45) is 0 Å². The third-order valence-corrected chi connectivity index (χ3v) is 7.05.